The number of carbonyl (C=O) groups excluding carboxylic acids is 1. The molecule has 5 heteroatoms. The van der Waals surface area contributed by atoms with Crippen LogP contribution < -0.4 is 5.32 Å². The highest BCUT2D eigenvalue weighted by Crippen LogP contribution is 2.47. The van der Waals surface area contributed by atoms with Gasteiger partial charge in [-0.2, -0.15) is 0 Å². The lowest BCUT2D eigenvalue weighted by Gasteiger charge is -2.19. The molecule has 3 atom stereocenters. The van der Waals surface area contributed by atoms with Gasteiger partial charge in [-0.05, 0) is 23.5 Å². The first kappa shape index (κ1) is 16.1. The number of rotatable bonds is 6. The minimum Gasteiger partial charge on any atom is -0.481 e. The molecule has 2 N–H and O–H groups in total. The number of aliphatic carboxylic acids is 1. The summed E-state index contributed by atoms with van der Waals surface area (Å²) >= 11 is 0. The van der Waals surface area contributed by atoms with Gasteiger partial charge in [0.15, 0.2) is 0 Å². The molecule has 1 fully saturated rings. The molecule has 0 aromatic heterocycles. The van der Waals surface area contributed by atoms with Gasteiger partial charge >= 0.3 is 12.1 Å². The first-order chi connectivity index (χ1) is 11.6. The van der Waals surface area contributed by atoms with Crippen LogP contribution in [0.4, 0.5) is 4.79 Å². The summed E-state index contributed by atoms with van der Waals surface area (Å²) in [6, 6.07) is 18.5. The van der Waals surface area contributed by atoms with Crippen LogP contribution >= 0.6 is 0 Å². The molecule has 0 aliphatic heterocycles. The average Bonchev–Trinajstić information content (AvgIpc) is 3.40. The van der Waals surface area contributed by atoms with Crippen LogP contribution in [0.25, 0.3) is 0 Å². The van der Waals surface area contributed by atoms with E-state index in [0.717, 1.165) is 11.1 Å². The third-order valence-corrected chi connectivity index (χ3v) is 4.23. The van der Waals surface area contributed by atoms with Crippen LogP contribution in [0.5, 0.6) is 0 Å². The highest BCUT2D eigenvalue weighted by Gasteiger charge is 2.49. The van der Waals surface area contributed by atoms with Crippen LogP contribution in [-0.4, -0.2) is 17.2 Å². The zero-order valence-electron chi connectivity index (χ0n) is 13.1. The van der Waals surface area contributed by atoms with Gasteiger partial charge in [-0.1, -0.05) is 60.7 Å². The molecule has 0 heterocycles. The maximum Gasteiger partial charge on any atom is 0.407 e. The molecule has 0 saturated heterocycles. The topological polar surface area (TPSA) is 75.6 Å². The van der Waals surface area contributed by atoms with Crippen LogP contribution in [0.1, 0.15) is 23.6 Å². The van der Waals surface area contributed by atoms with Crippen molar-refractivity contribution in [2.75, 3.05) is 0 Å². The average molecular weight is 325 g/mol. The molecule has 3 rings (SSSR count). The minimum atomic E-state index is -0.819. The second-order valence-corrected chi connectivity index (χ2v) is 5.94. The van der Waals surface area contributed by atoms with Crippen molar-refractivity contribution in [3.63, 3.8) is 0 Å². The van der Waals surface area contributed by atoms with Gasteiger partial charge in [0.25, 0.3) is 0 Å². The molecule has 24 heavy (non-hydrogen) atoms. The van der Waals surface area contributed by atoms with Crippen LogP contribution in [0.15, 0.2) is 60.7 Å². The lowest BCUT2D eigenvalue weighted by Crippen LogP contribution is -2.31. The number of nitrogens with one attached hydrogen (secondary N) is 1. The summed E-state index contributed by atoms with van der Waals surface area (Å²) in [5, 5.41) is 12.0. The molecule has 0 bridgehead atoms. The van der Waals surface area contributed by atoms with E-state index in [1.807, 2.05) is 60.7 Å². The Morgan fingerprint density at radius 3 is 2.29 bits per heavy atom. The number of carboxylic acids is 1. The largest absolute Gasteiger partial charge is 0.481 e. The smallest absolute Gasteiger partial charge is 0.407 e. The molecule has 2 aromatic rings. The first-order valence-corrected chi connectivity index (χ1v) is 7.90. The van der Waals surface area contributed by atoms with E-state index in [1.54, 1.807) is 0 Å². The normalized spacial score (nSPS) is 20.0. The van der Waals surface area contributed by atoms with E-state index >= 15 is 0 Å². The minimum absolute atomic E-state index is 0.103. The number of hydrogen-bond acceptors (Lipinski definition) is 3. The summed E-state index contributed by atoms with van der Waals surface area (Å²) < 4.78 is 5.26. The van der Waals surface area contributed by atoms with Gasteiger partial charge < -0.3 is 15.2 Å². The lowest BCUT2D eigenvalue weighted by molar-refractivity contribution is -0.139. The molecular weight excluding hydrogens is 306 g/mol. The summed E-state index contributed by atoms with van der Waals surface area (Å²) in [5.41, 5.74) is 1.79. The van der Waals surface area contributed by atoms with Crippen molar-refractivity contribution in [3.05, 3.63) is 71.8 Å². The molecule has 1 saturated carbocycles. The van der Waals surface area contributed by atoms with Gasteiger partial charge in [-0.25, -0.2) is 4.79 Å². The summed E-state index contributed by atoms with van der Waals surface area (Å²) in [6.07, 6.45) is 0.0252. The second kappa shape index (κ2) is 7.17. The zero-order valence-corrected chi connectivity index (χ0v) is 13.1. The van der Waals surface area contributed by atoms with Crippen molar-refractivity contribution in [1.82, 2.24) is 5.32 Å². The second-order valence-electron chi connectivity index (χ2n) is 5.94. The Kier molecular flexibility index (Phi) is 4.79. The van der Waals surface area contributed by atoms with E-state index in [4.69, 9.17) is 9.84 Å². The van der Waals surface area contributed by atoms with Gasteiger partial charge in [-0.3, -0.25) is 4.79 Å². The molecular formula is C19H19NO4. The molecule has 0 spiro atoms. The van der Waals surface area contributed by atoms with Crippen molar-refractivity contribution >= 4 is 12.1 Å². The zero-order chi connectivity index (χ0) is 16.9. The summed E-state index contributed by atoms with van der Waals surface area (Å²) in [4.78, 5) is 23.3. The van der Waals surface area contributed by atoms with E-state index < -0.39 is 18.0 Å². The summed E-state index contributed by atoms with van der Waals surface area (Å²) in [6.45, 7) is 0.182. The van der Waals surface area contributed by atoms with Crippen molar-refractivity contribution in [3.8, 4) is 0 Å². The Bertz CT molecular complexity index is 702. The predicted octanol–water partition coefficient (Wildman–Crippen LogP) is 3.37. The van der Waals surface area contributed by atoms with Crippen molar-refractivity contribution in [2.45, 2.75) is 19.1 Å². The summed E-state index contributed by atoms with van der Waals surface area (Å²) in [7, 11) is 0. The standard InChI is InChI=1S/C19H19NO4/c21-18(22)16-11-15(16)17(14-9-5-2-6-10-14)20-19(23)24-12-13-7-3-1-4-8-13/h1-10,15-17H,11-12H2,(H,20,23)(H,21,22)/t15-,16-,17+/m1/s1. The Labute approximate surface area is 140 Å². The number of carboxylic acid groups (broad SMARTS) is 1. The lowest BCUT2D eigenvalue weighted by atomic mass is 10.0. The van der Waals surface area contributed by atoms with Crippen molar-refractivity contribution < 1.29 is 19.4 Å². The molecule has 5 nitrogen and oxygen atoms in total. The SMILES string of the molecule is O=C(N[C@@H](c1ccccc1)[C@@H]1C[C@H]1C(=O)O)OCc1ccccc1. The molecule has 1 amide bonds. The fourth-order valence-corrected chi connectivity index (χ4v) is 2.86. The molecule has 1 aliphatic carbocycles. The number of benzene rings is 2. The quantitative estimate of drug-likeness (QED) is 0.854. The van der Waals surface area contributed by atoms with Gasteiger partial charge in [0, 0.05) is 0 Å². The van der Waals surface area contributed by atoms with Gasteiger partial charge in [0.2, 0.25) is 0 Å². The highest BCUT2D eigenvalue weighted by atomic mass is 16.5. The predicted molar refractivity (Wildman–Crippen MR) is 88.2 cm³/mol. The number of ether oxygens (including phenoxy) is 1. The summed E-state index contributed by atoms with van der Waals surface area (Å²) in [5.74, 6) is -1.33. The number of hydrogen-bond donors (Lipinski definition) is 2. The third kappa shape index (κ3) is 3.93. The van der Waals surface area contributed by atoms with Crippen molar-refractivity contribution in [2.24, 2.45) is 11.8 Å². The fraction of sp³-hybridized carbons (Fsp3) is 0.263. The van der Waals surface area contributed by atoms with E-state index in [2.05, 4.69) is 5.32 Å². The van der Waals surface area contributed by atoms with E-state index in [1.165, 1.54) is 0 Å². The Morgan fingerprint density at radius 2 is 1.71 bits per heavy atom. The first-order valence-electron chi connectivity index (χ1n) is 7.90. The number of amides is 1. The fourth-order valence-electron chi connectivity index (χ4n) is 2.86. The number of carbonyl (C=O) groups is 2. The molecule has 1 aliphatic rings. The molecule has 2 aromatic carbocycles. The monoisotopic (exact) mass is 325 g/mol. The van der Waals surface area contributed by atoms with E-state index in [9.17, 15) is 9.59 Å². The highest BCUT2D eigenvalue weighted by molar-refractivity contribution is 5.74. The third-order valence-electron chi connectivity index (χ3n) is 4.23. The van der Waals surface area contributed by atoms with Gasteiger partial charge in [-0.15, -0.1) is 0 Å². The Balaban J connectivity index is 1.64. The van der Waals surface area contributed by atoms with Crippen LogP contribution in [0, 0.1) is 11.8 Å². The van der Waals surface area contributed by atoms with Crippen LogP contribution in [-0.2, 0) is 16.1 Å². The van der Waals surface area contributed by atoms with Gasteiger partial charge in [0.1, 0.15) is 6.61 Å². The Morgan fingerprint density at radius 1 is 1.08 bits per heavy atom. The maximum absolute atomic E-state index is 12.1. The molecule has 0 radical (unpaired) electrons. The van der Waals surface area contributed by atoms with Gasteiger partial charge in [0.05, 0.1) is 12.0 Å². The van der Waals surface area contributed by atoms with Crippen LogP contribution in [0.2, 0.25) is 0 Å². The van der Waals surface area contributed by atoms with E-state index in [-0.39, 0.29) is 18.6 Å². The molecule has 0 unspecified atom stereocenters. The van der Waals surface area contributed by atoms with Crippen LogP contribution in [0.3, 0.4) is 0 Å². The maximum atomic E-state index is 12.1. The van der Waals surface area contributed by atoms with E-state index in [0.29, 0.717) is 6.42 Å². The molecule has 124 valence electrons. The number of alkyl carbamates (subject to hydrolysis) is 1. The Hall–Kier alpha value is -2.82. The van der Waals surface area contributed by atoms with Crippen molar-refractivity contribution in [1.29, 1.82) is 0 Å².